The van der Waals surface area contributed by atoms with Gasteiger partial charge in [-0.1, -0.05) is 18.2 Å². The largest absolute Gasteiger partial charge is 0.394 e. The quantitative estimate of drug-likeness (QED) is 0.938. The summed E-state index contributed by atoms with van der Waals surface area (Å²) in [5.41, 5.74) is 2.28. The van der Waals surface area contributed by atoms with Crippen molar-refractivity contribution in [2.45, 2.75) is 25.9 Å². The number of hydrogen-bond donors (Lipinski definition) is 1. The molecule has 1 aliphatic rings. The van der Waals surface area contributed by atoms with Crippen molar-refractivity contribution in [2.24, 2.45) is 0 Å². The Hall–Kier alpha value is -1.65. The van der Waals surface area contributed by atoms with Crippen LogP contribution in [0.3, 0.4) is 0 Å². The summed E-state index contributed by atoms with van der Waals surface area (Å²) >= 11 is 0. The minimum absolute atomic E-state index is 0.103. The molecular weight excluding hydrogens is 264 g/mol. The highest BCUT2D eigenvalue weighted by Crippen LogP contribution is 2.26. The summed E-state index contributed by atoms with van der Waals surface area (Å²) in [7, 11) is 0. The highest BCUT2D eigenvalue weighted by Gasteiger charge is 2.21. The fourth-order valence-corrected chi connectivity index (χ4v) is 2.99. The minimum atomic E-state index is 0.103. The number of para-hydroxylation sites is 1. The van der Waals surface area contributed by atoms with Gasteiger partial charge in [-0.05, 0) is 37.5 Å². The number of piperidine rings is 1. The monoisotopic (exact) mass is 286 g/mol. The summed E-state index contributed by atoms with van der Waals surface area (Å²) < 4.78 is 5.62. The summed E-state index contributed by atoms with van der Waals surface area (Å²) in [5.74, 6) is 1.09. The maximum absolute atomic E-state index is 8.82. The number of aliphatic hydroxyl groups is 1. The van der Waals surface area contributed by atoms with E-state index in [0.29, 0.717) is 6.61 Å². The zero-order chi connectivity index (χ0) is 14.7. The van der Waals surface area contributed by atoms with Crippen LogP contribution in [0.15, 0.2) is 30.3 Å². The van der Waals surface area contributed by atoms with Gasteiger partial charge in [0.05, 0.1) is 24.8 Å². The van der Waals surface area contributed by atoms with Crippen molar-refractivity contribution in [3.05, 3.63) is 35.9 Å². The molecule has 1 aromatic heterocycles. The number of pyridine rings is 1. The number of aromatic nitrogens is 1. The maximum atomic E-state index is 8.82. The second-order valence-electron chi connectivity index (χ2n) is 5.60. The van der Waals surface area contributed by atoms with Gasteiger partial charge in [-0.2, -0.15) is 0 Å². The topological polar surface area (TPSA) is 45.6 Å². The maximum Gasteiger partial charge on any atom is 0.132 e. The molecule has 0 bridgehead atoms. The molecule has 0 unspecified atom stereocenters. The van der Waals surface area contributed by atoms with Crippen molar-refractivity contribution in [2.75, 3.05) is 31.2 Å². The van der Waals surface area contributed by atoms with E-state index in [1.54, 1.807) is 0 Å². The second-order valence-corrected chi connectivity index (χ2v) is 5.60. The molecule has 0 saturated carbocycles. The summed E-state index contributed by atoms with van der Waals surface area (Å²) in [6, 6.07) is 10.5. The van der Waals surface area contributed by atoms with E-state index in [-0.39, 0.29) is 12.7 Å². The molecule has 112 valence electrons. The summed E-state index contributed by atoms with van der Waals surface area (Å²) in [4.78, 5) is 7.18. The summed E-state index contributed by atoms with van der Waals surface area (Å²) in [5, 5.41) is 10.0. The van der Waals surface area contributed by atoms with E-state index in [1.807, 2.05) is 12.1 Å². The van der Waals surface area contributed by atoms with Crippen molar-refractivity contribution < 1.29 is 9.84 Å². The highest BCUT2D eigenvalue weighted by molar-refractivity contribution is 5.81. The van der Waals surface area contributed by atoms with Crippen molar-refractivity contribution >= 4 is 16.7 Å². The Kier molecular flexibility index (Phi) is 4.36. The number of aryl methyl sites for hydroxylation is 1. The minimum Gasteiger partial charge on any atom is -0.394 e. The molecule has 2 heterocycles. The fraction of sp³-hybridized carbons (Fsp3) is 0.471. The lowest BCUT2D eigenvalue weighted by atomic mass is 10.1. The van der Waals surface area contributed by atoms with Gasteiger partial charge >= 0.3 is 0 Å². The summed E-state index contributed by atoms with van der Waals surface area (Å²) in [6.45, 7) is 4.59. The first-order valence-electron chi connectivity index (χ1n) is 7.62. The van der Waals surface area contributed by atoms with Crippen LogP contribution in [-0.4, -0.2) is 42.5 Å². The number of fused-ring (bicyclic) bond motifs is 1. The molecule has 1 aliphatic heterocycles. The van der Waals surface area contributed by atoms with Crippen molar-refractivity contribution in [3.8, 4) is 0 Å². The average Bonchev–Trinajstić information content (AvgIpc) is 2.53. The molecule has 21 heavy (non-hydrogen) atoms. The lowest BCUT2D eigenvalue weighted by Crippen LogP contribution is -2.38. The van der Waals surface area contributed by atoms with Crippen LogP contribution in [0.1, 0.15) is 18.4 Å². The van der Waals surface area contributed by atoms with E-state index < -0.39 is 0 Å². The Bertz CT molecular complexity index is 607. The molecule has 4 nitrogen and oxygen atoms in total. The van der Waals surface area contributed by atoms with Gasteiger partial charge in [0.1, 0.15) is 5.82 Å². The predicted octanol–water partition coefficient (Wildman–Crippen LogP) is 2.52. The van der Waals surface area contributed by atoms with Crippen LogP contribution in [0, 0.1) is 6.92 Å². The molecule has 1 N–H and O–H groups in total. The van der Waals surface area contributed by atoms with Crippen molar-refractivity contribution in [1.29, 1.82) is 0 Å². The van der Waals surface area contributed by atoms with E-state index in [4.69, 9.17) is 14.8 Å². The van der Waals surface area contributed by atoms with Gasteiger partial charge in [-0.3, -0.25) is 0 Å². The predicted molar refractivity (Wildman–Crippen MR) is 84.8 cm³/mol. The molecule has 1 fully saturated rings. The van der Waals surface area contributed by atoms with Crippen molar-refractivity contribution in [1.82, 2.24) is 4.98 Å². The van der Waals surface area contributed by atoms with Crippen LogP contribution >= 0.6 is 0 Å². The number of ether oxygens (including phenoxy) is 1. The van der Waals surface area contributed by atoms with Gasteiger partial charge in [-0.15, -0.1) is 0 Å². The number of anilines is 1. The molecule has 4 heteroatoms. The van der Waals surface area contributed by atoms with E-state index in [1.165, 1.54) is 10.9 Å². The van der Waals surface area contributed by atoms with Gasteiger partial charge in [0.15, 0.2) is 0 Å². The van der Waals surface area contributed by atoms with Crippen LogP contribution < -0.4 is 4.90 Å². The first kappa shape index (κ1) is 14.3. The number of aliphatic hydroxyl groups excluding tert-OH is 1. The van der Waals surface area contributed by atoms with Gasteiger partial charge in [0.2, 0.25) is 0 Å². The molecule has 0 amide bonds. The smallest absolute Gasteiger partial charge is 0.132 e. The third kappa shape index (κ3) is 3.17. The van der Waals surface area contributed by atoms with Gasteiger partial charge in [0.25, 0.3) is 0 Å². The van der Waals surface area contributed by atoms with Crippen LogP contribution in [0.5, 0.6) is 0 Å². The zero-order valence-corrected chi connectivity index (χ0v) is 12.5. The molecule has 2 aromatic rings. The van der Waals surface area contributed by atoms with Crippen LogP contribution in [-0.2, 0) is 4.74 Å². The molecular formula is C17H22N2O2. The van der Waals surface area contributed by atoms with Gasteiger partial charge in [-0.25, -0.2) is 4.98 Å². The molecule has 0 radical (unpaired) electrons. The Balaban J connectivity index is 1.74. The van der Waals surface area contributed by atoms with Gasteiger partial charge < -0.3 is 14.7 Å². The Morgan fingerprint density at radius 3 is 2.81 bits per heavy atom. The van der Waals surface area contributed by atoms with Crippen LogP contribution in [0.25, 0.3) is 10.9 Å². The van der Waals surface area contributed by atoms with E-state index >= 15 is 0 Å². The number of benzene rings is 1. The number of nitrogens with zero attached hydrogens (tertiary/aromatic N) is 2. The molecule has 0 aliphatic carbocycles. The Labute approximate surface area is 125 Å². The fourth-order valence-electron chi connectivity index (χ4n) is 2.99. The molecule has 0 spiro atoms. The summed E-state index contributed by atoms with van der Waals surface area (Å²) in [6.07, 6.45) is 2.26. The average molecular weight is 286 g/mol. The number of hydrogen-bond acceptors (Lipinski definition) is 4. The number of rotatable bonds is 4. The van der Waals surface area contributed by atoms with Crippen molar-refractivity contribution in [3.63, 3.8) is 0 Å². The van der Waals surface area contributed by atoms with Crippen LogP contribution in [0.4, 0.5) is 5.82 Å². The molecule has 0 atom stereocenters. The molecule has 3 rings (SSSR count). The van der Waals surface area contributed by atoms with E-state index in [2.05, 4.69) is 30.0 Å². The van der Waals surface area contributed by atoms with E-state index in [0.717, 1.165) is 37.3 Å². The van der Waals surface area contributed by atoms with E-state index in [9.17, 15) is 0 Å². The molecule has 1 saturated heterocycles. The molecule has 1 aromatic carbocycles. The van der Waals surface area contributed by atoms with Gasteiger partial charge in [0, 0.05) is 18.5 Å². The lowest BCUT2D eigenvalue weighted by Gasteiger charge is -2.33. The second kappa shape index (κ2) is 6.41. The SMILES string of the molecule is Cc1cc2ccccc2nc1N1CCC(OCCO)CC1. The van der Waals surface area contributed by atoms with Crippen LogP contribution in [0.2, 0.25) is 0 Å². The Morgan fingerprint density at radius 1 is 1.29 bits per heavy atom. The first-order valence-corrected chi connectivity index (χ1v) is 7.62. The Morgan fingerprint density at radius 2 is 2.05 bits per heavy atom. The standard InChI is InChI=1S/C17H22N2O2/c1-13-12-14-4-2-3-5-16(14)18-17(13)19-8-6-15(7-9-19)21-11-10-20/h2-5,12,15,20H,6-11H2,1H3. The normalized spacial score (nSPS) is 16.6. The highest BCUT2D eigenvalue weighted by atomic mass is 16.5. The third-order valence-electron chi connectivity index (χ3n) is 4.07. The zero-order valence-electron chi connectivity index (χ0n) is 12.5. The lowest BCUT2D eigenvalue weighted by molar-refractivity contribution is 0.0158. The first-order chi connectivity index (χ1) is 10.3. The third-order valence-corrected chi connectivity index (χ3v) is 4.07.